The van der Waals surface area contributed by atoms with E-state index in [2.05, 4.69) is 33.2 Å². The maximum Gasteiger partial charge on any atom is 0.223 e. The Hall–Kier alpha value is -2.37. The number of benzene rings is 1. The van der Waals surface area contributed by atoms with E-state index in [-0.39, 0.29) is 11.9 Å². The van der Waals surface area contributed by atoms with Crippen LogP contribution in [0.25, 0.3) is 0 Å². The number of carbonyl (C=O) groups excluding carboxylic acids is 1. The molecule has 1 saturated heterocycles. The van der Waals surface area contributed by atoms with E-state index >= 15 is 0 Å². The molecule has 1 atom stereocenters. The summed E-state index contributed by atoms with van der Waals surface area (Å²) in [7, 11) is 4.05. The van der Waals surface area contributed by atoms with Crippen LogP contribution in [0.5, 0.6) is 0 Å². The standard InChI is InChI=1S/C19H26N4O2/c1-22(2)16-8-6-7-15(13-16)10-11-18(24)23-12-5-3-4-9-17(23)19-20-14-25-21-19/h6-8,13-14,17H,3-5,9-12H2,1-2H3/t17-/m1/s1. The van der Waals surface area contributed by atoms with E-state index in [0.29, 0.717) is 12.2 Å². The number of rotatable bonds is 5. The lowest BCUT2D eigenvalue weighted by molar-refractivity contribution is -0.133. The molecule has 25 heavy (non-hydrogen) atoms. The van der Waals surface area contributed by atoms with Crippen LogP contribution < -0.4 is 4.90 Å². The fourth-order valence-electron chi connectivity index (χ4n) is 3.39. The molecular weight excluding hydrogens is 316 g/mol. The largest absolute Gasteiger partial charge is 0.378 e. The van der Waals surface area contributed by atoms with Gasteiger partial charge in [-0.25, -0.2) is 0 Å². The SMILES string of the molecule is CN(C)c1cccc(CCC(=O)N2CCCCC[C@@H]2c2ncon2)c1. The topological polar surface area (TPSA) is 62.5 Å². The number of nitrogens with zero attached hydrogens (tertiary/aromatic N) is 4. The van der Waals surface area contributed by atoms with E-state index < -0.39 is 0 Å². The molecule has 0 aliphatic carbocycles. The lowest BCUT2D eigenvalue weighted by Gasteiger charge is -2.28. The van der Waals surface area contributed by atoms with Crippen LogP contribution in [0.2, 0.25) is 0 Å². The van der Waals surface area contributed by atoms with Crippen LogP contribution in [-0.2, 0) is 11.2 Å². The first-order valence-electron chi connectivity index (χ1n) is 8.97. The van der Waals surface area contributed by atoms with Gasteiger partial charge in [0.15, 0.2) is 5.82 Å². The minimum atomic E-state index is -0.0538. The normalized spacial score (nSPS) is 18.0. The molecule has 1 aliphatic heterocycles. The number of carbonyl (C=O) groups is 1. The zero-order chi connectivity index (χ0) is 17.6. The van der Waals surface area contributed by atoms with Crippen molar-refractivity contribution in [2.45, 2.75) is 44.6 Å². The molecule has 0 N–H and O–H groups in total. The molecule has 1 amide bonds. The summed E-state index contributed by atoms with van der Waals surface area (Å²) >= 11 is 0. The molecule has 6 heteroatoms. The lowest BCUT2D eigenvalue weighted by Crippen LogP contribution is -2.35. The van der Waals surface area contributed by atoms with Gasteiger partial charge in [-0.3, -0.25) is 4.79 Å². The van der Waals surface area contributed by atoms with Crippen molar-refractivity contribution in [2.75, 3.05) is 25.5 Å². The minimum absolute atomic E-state index is 0.0538. The summed E-state index contributed by atoms with van der Waals surface area (Å²) in [5.41, 5.74) is 2.34. The molecule has 134 valence electrons. The second-order valence-electron chi connectivity index (χ2n) is 6.81. The molecular formula is C19H26N4O2. The van der Waals surface area contributed by atoms with Crippen molar-refractivity contribution in [3.05, 3.63) is 42.0 Å². The highest BCUT2D eigenvalue weighted by atomic mass is 16.5. The molecule has 1 fully saturated rings. The number of anilines is 1. The van der Waals surface area contributed by atoms with Gasteiger partial charge in [0.05, 0.1) is 6.04 Å². The average molecular weight is 342 g/mol. The van der Waals surface area contributed by atoms with Gasteiger partial charge in [0.2, 0.25) is 12.3 Å². The van der Waals surface area contributed by atoms with Gasteiger partial charge in [0.25, 0.3) is 0 Å². The maximum absolute atomic E-state index is 12.9. The third-order valence-electron chi connectivity index (χ3n) is 4.80. The van der Waals surface area contributed by atoms with Crippen LogP contribution in [0.3, 0.4) is 0 Å². The summed E-state index contributed by atoms with van der Waals surface area (Å²) < 4.78 is 4.90. The number of amides is 1. The van der Waals surface area contributed by atoms with E-state index in [1.54, 1.807) is 0 Å². The predicted octanol–water partition coefficient (Wildman–Crippen LogP) is 3.21. The first-order valence-corrected chi connectivity index (χ1v) is 8.97. The highest BCUT2D eigenvalue weighted by Gasteiger charge is 2.29. The van der Waals surface area contributed by atoms with Gasteiger partial charge >= 0.3 is 0 Å². The molecule has 0 spiro atoms. The summed E-state index contributed by atoms with van der Waals surface area (Å²) in [4.78, 5) is 21.1. The minimum Gasteiger partial charge on any atom is -0.378 e. The Morgan fingerprint density at radius 3 is 2.96 bits per heavy atom. The lowest BCUT2D eigenvalue weighted by atomic mass is 10.1. The Balaban J connectivity index is 1.67. The van der Waals surface area contributed by atoms with Gasteiger partial charge < -0.3 is 14.3 Å². The number of aryl methyl sites for hydroxylation is 1. The molecule has 0 bridgehead atoms. The molecule has 0 saturated carbocycles. The molecule has 6 nitrogen and oxygen atoms in total. The van der Waals surface area contributed by atoms with Gasteiger partial charge in [0.1, 0.15) is 0 Å². The smallest absolute Gasteiger partial charge is 0.223 e. The summed E-state index contributed by atoms with van der Waals surface area (Å²) in [6.07, 6.45) is 6.77. The zero-order valence-corrected chi connectivity index (χ0v) is 15.0. The number of hydrogen-bond acceptors (Lipinski definition) is 5. The highest BCUT2D eigenvalue weighted by Crippen LogP contribution is 2.29. The summed E-state index contributed by atoms with van der Waals surface area (Å²) in [5, 5.41) is 3.98. The second-order valence-corrected chi connectivity index (χ2v) is 6.81. The van der Waals surface area contributed by atoms with Gasteiger partial charge in [-0.1, -0.05) is 30.1 Å². The second kappa shape index (κ2) is 8.14. The van der Waals surface area contributed by atoms with E-state index in [0.717, 1.165) is 44.3 Å². The van der Waals surface area contributed by atoms with Gasteiger partial charge in [-0.15, -0.1) is 0 Å². The molecule has 3 rings (SSSR count). The molecule has 2 aromatic rings. The van der Waals surface area contributed by atoms with Crippen molar-refractivity contribution in [3.8, 4) is 0 Å². The predicted molar refractivity (Wildman–Crippen MR) is 96.3 cm³/mol. The Morgan fingerprint density at radius 2 is 2.20 bits per heavy atom. The van der Waals surface area contributed by atoms with Crippen LogP contribution in [0.4, 0.5) is 5.69 Å². The van der Waals surface area contributed by atoms with Crippen molar-refractivity contribution in [1.29, 1.82) is 0 Å². The van der Waals surface area contributed by atoms with Gasteiger partial charge in [0, 0.05) is 32.7 Å². The molecule has 0 radical (unpaired) electrons. The Morgan fingerprint density at radius 1 is 1.32 bits per heavy atom. The number of aromatic nitrogens is 2. The molecule has 1 aliphatic rings. The fourth-order valence-corrected chi connectivity index (χ4v) is 3.39. The first-order chi connectivity index (χ1) is 12.1. The third-order valence-corrected chi connectivity index (χ3v) is 4.80. The van der Waals surface area contributed by atoms with Crippen LogP contribution in [0, 0.1) is 0 Å². The maximum atomic E-state index is 12.9. The van der Waals surface area contributed by atoms with Crippen molar-refractivity contribution >= 4 is 11.6 Å². The van der Waals surface area contributed by atoms with Gasteiger partial charge in [-0.2, -0.15) is 4.98 Å². The van der Waals surface area contributed by atoms with Crippen LogP contribution in [0.15, 0.2) is 35.2 Å². The Bertz CT molecular complexity index is 684. The van der Waals surface area contributed by atoms with Crippen LogP contribution >= 0.6 is 0 Å². The first kappa shape index (κ1) is 17.5. The van der Waals surface area contributed by atoms with Gasteiger partial charge in [-0.05, 0) is 37.0 Å². The summed E-state index contributed by atoms with van der Waals surface area (Å²) in [5.74, 6) is 0.803. The average Bonchev–Trinajstić information content (AvgIpc) is 3.04. The Labute approximate surface area is 148 Å². The monoisotopic (exact) mass is 342 g/mol. The van der Waals surface area contributed by atoms with Crippen LogP contribution in [0.1, 0.15) is 49.5 Å². The number of hydrogen-bond donors (Lipinski definition) is 0. The van der Waals surface area contributed by atoms with Crippen molar-refractivity contribution < 1.29 is 9.32 Å². The number of likely N-dealkylation sites (tertiary alicyclic amines) is 1. The Kier molecular flexibility index (Phi) is 5.68. The molecule has 2 heterocycles. The quantitative estimate of drug-likeness (QED) is 0.835. The van der Waals surface area contributed by atoms with Crippen molar-refractivity contribution in [2.24, 2.45) is 0 Å². The van der Waals surface area contributed by atoms with Crippen LogP contribution in [-0.4, -0.2) is 41.6 Å². The van der Waals surface area contributed by atoms with E-state index in [1.165, 1.54) is 12.0 Å². The summed E-state index contributed by atoms with van der Waals surface area (Å²) in [6.45, 7) is 0.774. The highest BCUT2D eigenvalue weighted by molar-refractivity contribution is 5.77. The fraction of sp³-hybridized carbons (Fsp3) is 0.526. The van der Waals surface area contributed by atoms with E-state index in [4.69, 9.17) is 4.52 Å². The molecule has 1 aromatic carbocycles. The summed E-state index contributed by atoms with van der Waals surface area (Å²) in [6, 6.07) is 8.29. The van der Waals surface area contributed by atoms with Crippen molar-refractivity contribution in [3.63, 3.8) is 0 Å². The van der Waals surface area contributed by atoms with Crippen molar-refractivity contribution in [1.82, 2.24) is 15.0 Å². The van der Waals surface area contributed by atoms with E-state index in [9.17, 15) is 4.79 Å². The zero-order valence-electron chi connectivity index (χ0n) is 15.0. The molecule has 0 unspecified atom stereocenters. The molecule has 1 aromatic heterocycles. The third kappa shape index (κ3) is 4.38. The van der Waals surface area contributed by atoms with E-state index in [1.807, 2.05) is 25.1 Å².